The van der Waals surface area contributed by atoms with Gasteiger partial charge >= 0.3 is 0 Å². The van der Waals surface area contributed by atoms with Crippen molar-refractivity contribution in [1.29, 1.82) is 0 Å². The SMILES string of the molecule is C#CCCC1(CCC(=O)N2CCCC(C)(OC)CC2)N=N1. The van der Waals surface area contributed by atoms with Gasteiger partial charge in [0.25, 0.3) is 0 Å². The third kappa shape index (κ3) is 4.28. The van der Waals surface area contributed by atoms with Crippen LogP contribution in [0.4, 0.5) is 0 Å². The van der Waals surface area contributed by atoms with Gasteiger partial charge in [-0.15, -0.1) is 12.3 Å². The first kappa shape index (κ1) is 16.0. The summed E-state index contributed by atoms with van der Waals surface area (Å²) < 4.78 is 5.57. The van der Waals surface area contributed by atoms with E-state index in [1.807, 2.05) is 4.90 Å². The van der Waals surface area contributed by atoms with Crippen molar-refractivity contribution in [2.45, 2.75) is 63.1 Å². The standard InChI is InChI=1S/C16H25N3O2/c1-4-5-9-16(17-18-16)10-7-14(20)19-12-6-8-15(2,21-3)11-13-19/h1H,5-13H2,2-3H3. The molecule has 0 N–H and O–H groups in total. The fourth-order valence-electron chi connectivity index (χ4n) is 2.84. The van der Waals surface area contributed by atoms with Crippen molar-refractivity contribution in [2.75, 3.05) is 20.2 Å². The van der Waals surface area contributed by atoms with Crippen LogP contribution in [0.15, 0.2) is 10.2 Å². The molecule has 2 rings (SSSR count). The van der Waals surface area contributed by atoms with Crippen LogP contribution < -0.4 is 0 Å². The van der Waals surface area contributed by atoms with E-state index in [9.17, 15) is 4.79 Å². The number of hydrogen-bond acceptors (Lipinski definition) is 4. The van der Waals surface area contributed by atoms with E-state index in [2.05, 4.69) is 23.1 Å². The summed E-state index contributed by atoms with van der Waals surface area (Å²) in [4.78, 5) is 14.3. The van der Waals surface area contributed by atoms with E-state index in [-0.39, 0.29) is 17.2 Å². The molecule has 0 aromatic rings. The molecule has 1 fully saturated rings. The van der Waals surface area contributed by atoms with E-state index < -0.39 is 0 Å². The summed E-state index contributed by atoms with van der Waals surface area (Å²) in [7, 11) is 1.75. The number of carbonyl (C=O) groups is 1. The molecule has 1 amide bonds. The maximum absolute atomic E-state index is 12.4. The predicted molar refractivity (Wildman–Crippen MR) is 80.7 cm³/mol. The molecule has 116 valence electrons. The van der Waals surface area contributed by atoms with Gasteiger partial charge in [0.1, 0.15) is 0 Å². The quantitative estimate of drug-likeness (QED) is 0.707. The Bertz CT molecular complexity index is 449. The van der Waals surface area contributed by atoms with Crippen molar-refractivity contribution in [3.63, 3.8) is 0 Å². The van der Waals surface area contributed by atoms with Crippen LogP contribution in [0.25, 0.3) is 0 Å². The molecule has 2 heterocycles. The van der Waals surface area contributed by atoms with E-state index in [1.54, 1.807) is 7.11 Å². The van der Waals surface area contributed by atoms with Crippen LogP contribution in [0.3, 0.4) is 0 Å². The molecule has 0 aromatic carbocycles. The first-order valence-electron chi connectivity index (χ1n) is 7.73. The van der Waals surface area contributed by atoms with Gasteiger partial charge in [0.05, 0.1) is 5.60 Å². The zero-order chi connectivity index (χ0) is 15.3. The molecule has 2 aliphatic heterocycles. The molecule has 1 unspecified atom stereocenters. The Kier molecular flexibility index (Phi) is 5.00. The van der Waals surface area contributed by atoms with E-state index in [4.69, 9.17) is 11.2 Å². The number of methoxy groups -OCH3 is 1. The lowest BCUT2D eigenvalue weighted by molar-refractivity contribution is -0.131. The van der Waals surface area contributed by atoms with Crippen LogP contribution in [0, 0.1) is 12.3 Å². The van der Waals surface area contributed by atoms with E-state index >= 15 is 0 Å². The van der Waals surface area contributed by atoms with Gasteiger partial charge in [-0.3, -0.25) is 4.79 Å². The van der Waals surface area contributed by atoms with Gasteiger partial charge in [-0.2, -0.15) is 10.2 Å². The number of hydrogen-bond donors (Lipinski definition) is 0. The summed E-state index contributed by atoms with van der Waals surface area (Å²) in [5, 5.41) is 8.16. The lowest BCUT2D eigenvalue weighted by Gasteiger charge is -2.26. The minimum Gasteiger partial charge on any atom is -0.378 e. The zero-order valence-electron chi connectivity index (χ0n) is 13.1. The van der Waals surface area contributed by atoms with Gasteiger partial charge in [0.2, 0.25) is 5.91 Å². The van der Waals surface area contributed by atoms with Crippen LogP contribution in [0.2, 0.25) is 0 Å². The fraction of sp³-hybridized carbons (Fsp3) is 0.812. The second-order valence-electron chi connectivity index (χ2n) is 6.27. The number of likely N-dealkylation sites (tertiary alicyclic amines) is 1. The third-order valence-corrected chi connectivity index (χ3v) is 4.68. The Morgan fingerprint density at radius 3 is 2.71 bits per heavy atom. The molecule has 0 radical (unpaired) electrons. The second-order valence-corrected chi connectivity index (χ2v) is 6.27. The summed E-state index contributed by atoms with van der Waals surface area (Å²) in [6, 6.07) is 0. The molecule has 5 heteroatoms. The largest absolute Gasteiger partial charge is 0.378 e. The van der Waals surface area contributed by atoms with Crippen LogP contribution in [0.1, 0.15) is 51.9 Å². The molecular formula is C16H25N3O2. The molecule has 1 saturated heterocycles. The number of rotatable bonds is 6. The third-order valence-electron chi connectivity index (χ3n) is 4.68. The highest BCUT2D eigenvalue weighted by Crippen LogP contribution is 2.37. The van der Waals surface area contributed by atoms with Crippen molar-refractivity contribution >= 4 is 5.91 Å². The number of nitrogens with zero attached hydrogens (tertiary/aromatic N) is 3. The molecule has 0 aromatic heterocycles. The highest BCUT2D eigenvalue weighted by Gasteiger charge is 2.40. The summed E-state index contributed by atoms with van der Waals surface area (Å²) in [6.45, 7) is 3.72. The number of carbonyl (C=O) groups excluding carboxylic acids is 1. The van der Waals surface area contributed by atoms with Gasteiger partial charge in [0.15, 0.2) is 5.66 Å². The minimum absolute atomic E-state index is 0.0930. The maximum Gasteiger partial charge on any atom is 0.222 e. The summed E-state index contributed by atoms with van der Waals surface area (Å²) in [5.41, 5.74) is -0.445. The molecule has 0 bridgehead atoms. The van der Waals surface area contributed by atoms with Gasteiger partial charge in [-0.25, -0.2) is 0 Å². The number of amides is 1. The van der Waals surface area contributed by atoms with Crippen LogP contribution in [-0.2, 0) is 9.53 Å². The topological polar surface area (TPSA) is 54.3 Å². The van der Waals surface area contributed by atoms with Gasteiger partial charge in [-0.1, -0.05) is 0 Å². The van der Waals surface area contributed by atoms with E-state index in [1.165, 1.54) is 0 Å². The van der Waals surface area contributed by atoms with Crippen LogP contribution >= 0.6 is 0 Å². The predicted octanol–water partition coefficient (Wildman–Crippen LogP) is 2.76. The lowest BCUT2D eigenvalue weighted by atomic mass is 9.97. The minimum atomic E-state index is -0.352. The highest BCUT2D eigenvalue weighted by molar-refractivity contribution is 5.76. The van der Waals surface area contributed by atoms with Crippen molar-refractivity contribution in [1.82, 2.24) is 4.90 Å². The average Bonchev–Trinajstić information content (AvgIpc) is 3.28. The van der Waals surface area contributed by atoms with Crippen molar-refractivity contribution < 1.29 is 9.53 Å². The first-order valence-corrected chi connectivity index (χ1v) is 7.73. The molecule has 0 aliphatic carbocycles. The monoisotopic (exact) mass is 291 g/mol. The van der Waals surface area contributed by atoms with Crippen LogP contribution in [0.5, 0.6) is 0 Å². The van der Waals surface area contributed by atoms with Gasteiger partial charge in [-0.05, 0) is 26.2 Å². The normalized spacial score (nSPS) is 27.0. The number of ether oxygens (including phenoxy) is 1. The fourth-order valence-corrected chi connectivity index (χ4v) is 2.84. The average molecular weight is 291 g/mol. The first-order chi connectivity index (χ1) is 10.0. The van der Waals surface area contributed by atoms with Gasteiger partial charge < -0.3 is 9.64 Å². The van der Waals surface area contributed by atoms with Crippen molar-refractivity contribution in [3.8, 4) is 12.3 Å². The summed E-state index contributed by atoms with van der Waals surface area (Å²) >= 11 is 0. The molecule has 0 spiro atoms. The van der Waals surface area contributed by atoms with Crippen LogP contribution in [-0.4, -0.2) is 42.3 Å². The smallest absolute Gasteiger partial charge is 0.222 e. The van der Waals surface area contributed by atoms with Gasteiger partial charge in [0, 0.05) is 45.9 Å². The molecule has 1 atom stereocenters. The Morgan fingerprint density at radius 1 is 1.33 bits per heavy atom. The van der Waals surface area contributed by atoms with Crippen molar-refractivity contribution in [2.24, 2.45) is 10.2 Å². The summed E-state index contributed by atoms with van der Waals surface area (Å²) in [6.07, 6.45) is 10.8. The number of terminal acetylenes is 1. The lowest BCUT2D eigenvalue weighted by Crippen LogP contribution is -2.34. The summed E-state index contributed by atoms with van der Waals surface area (Å²) in [5.74, 6) is 2.81. The Hall–Kier alpha value is -1.41. The maximum atomic E-state index is 12.4. The Morgan fingerprint density at radius 2 is 2.10 bits per heavy atom. The Labute approximate surface area is 127 Å². The molecule has 21 heavy (non-hydrogen) atoms. The zero-order valence-corrected chi connectivity index (χ0v) is 13.1. The molecular weight excluding hydrogens is 266 g/mol. The van der Waals surface area contributed by atoms with E-state index in [0.717, 1.165) is 38.8 Å². The van der Waals surface area contributed by atoms with Crippen molar-refractivity contribution in [3.05, 3.63) is 0 Å². The Balaban J connectivity index is 1.77. The van der Waals surface area contributed by atoms with E-state index in [0.29, 0.717) is 19.3 Å². The second kappa shape index (κ2) is 6.57. The molecule has 5 nitrogen and oxygen atoms in total. The molecule has 2 aliphatic rings. The highest BCUT2D eigenvalue weighted by atomic mass is 16.5. The molecule has 0 saturated carbocycles.